The Balaban J connectivity index is 2.08. The van der Waals surface area contributed by atoms with E-state index in [1.807, 2.05) is 13.0 Å². The van der Waals surface area contributed by atoms with Crippen LogP contribution in [-0.2, 0) is 4.79 Å². The van der Waals surface area contributed by atoms with Crippen LogP contribution in [0.2, 0.25) is 0 Å². The van der Waals surface area contributed by atoms with E-state index in [1.165, 1.54) is 19.2 Å². The fourth-order valence-corrected chi connectivity index (χ4v) is 3.48. The van der Waals surface area contributed by atoms with Crippen molar-refractivity contribution in [3.05, 3.63) is 50.4 Å². The number of halogens is 2. The molecule has 0 unspecified atom stereocenters. The van der Waals surface area contributed by atoms with Gasteiger partial charge in [0.25, 0.3) is 5.91 Å². The summed E-state index contributed by atoms with van der Waals surface area (Å²) >= 11 is 6.49. The number of amides is 1. The number of carboxylic acids is 1. The highest BCUT2D eigenvalue weighted by Crippen LogP contribution is 2.35. The summed E-state index contributed by atoms with van der Waals surface area (Å²) in [6.45, 7) is 1.66. The average molecular weight is 473 g/mol. The lowest BCUT2D eigenvalue weighted by molar-refractivity contribution is -0.118. The number of ether oxygens (including phenoxy) is 2. The molecule has 132 valence electrons. The van der Waals surface area contributed by atoms with E-state index in [1.54, 1.807) is 12.1 Å². The molecule has 2 N–H and O–H groups in total. The predicted molar refractivity (Wildman–Crippen MR) is 101 cm³/mol. The van der Waals surface area contributed by atoms with Crippen LogP contribution in [0.4, 0.5) is 5.69 Å². The number of hydrogen-bond acceptors (Lipinski definition) is 4. The molecule has 2 aromatic carbocycles. The highest BCUT2D eigenvalue weighted by molar-refractivity contribution is 9.11. The molecule has 0 aliphatic carbocycles. The van der Waals surface area contributed by atoms with Crippen molar-refractivity contribution in [3.8, 4) is 11.5 Å². The molecular formula is C17H15Br2NO5. The minimum absolute atomic E-state index is 0.0973. The van der Waals surface area contributed by atoms with Crippen LogP contribution >= 0.6 is 31.9 Å². The normalized spacial score (nSPS) is 10.2. The summed E-state index contributed by atoms with van der Waals surface area (Å²) in [4.78, 5) is 23.2. The monoisotopic (exact) mass is 471 g/mol. The Bertz CT molecular complexity index is 800. The van der Waals surface area contributed by atoms with E-state index < -0.39 is 5.97 Å². The number of nitrogens with one attached hydrogen (secondary N) is 1. The standard InChI is InChI=1S/C17H15Br2NO5/c1-9-3-4-14(24-2)13(5-9)20-15(21)8-25-16-11(18)6-10(17(22)23)7-12(16)19/h3-7H,8H2,1-2H3,(H,20,21)(H,22,23). The maximum atomic E-state index is 12.1. The maximum absolute atomic E-state index is 12.1. The molecule has 0 bridgehead atoms. The minimum atomic E-state index is -1.06. The van der Waals surface area contributed by atoms with Crippen molar-refractivity contribution in [2.75, 3.05) is 19.0 Å². The van der Waals surface area contributed by atoms with Gasteiger partial charge in [-0.25, -0.2) is 4.79 Å². The third kappa shape index (κ3) is 4.96. The van der Waals surface area contributed by atoms with Crippen molar-refractivity contribution < 1.29 is 24.2 Å². The van der Waals surface area contributed by atoms with Gasteiger partial charge in [-0.05, 0) is 68.6 Å². The summed E-state index contributed by atoms with van der Waals surface area (Å²) in [6.07, 6.45) is 0. The van der Waals surface area contributed by atoms with Crippen LogP contribution in [0, 0.1) is 6.92 Å². The van der Waals surface area contributed by atoms with Gasteiger partial charge in [-0.1, -0.05) is 6.07 Å². The van der Waals surface area contributed by atoms with Gasteiger partial charge < -0.3 is 19.9 Å². The minimum Gasteiger partial charge on any atom is -0.495 e. The number of rotatable bonds is 6. The third-order valence-corrected chi connectivity index (χ3v) is 4.40. The van der Waals surface area contributed by atoms with E-state index in [2.05, 4.69) is 37.2 Å². The fraction of sp³-hybridized carbons (Fsp3) is 0.176. The Morgan fingerprint density at radius 1 is 1.16 bits per heavy atom. The van der Waals surface area contributed by atoms with Crippen molar-refractivity contribution in [3.63, 3.8) is 0 Å². The summed E-state index contributed by atoms with van der Waals surface area (Å²) in [5, 5.41) is 11.7. The van der Waals surface area contributed by atoms with Gasteiger partial charge in [0.15, 0.2) is 6.61 Å². The number of carbonyl (C=O) groups is 2. The Labute approximate surface area is 161 Å². The molecular weight excluding hydrogens is 458 g/mol. The van der Waals surface area contributed by atoms with Gasteiger partial charge in [0.05, 0.1) is 27.3 Å². The molecule has 0 atom stereocenters. The number of hydrogen-bond donors (Lipinski definition) is 2. The summed E-state index contributed by atoms with van der Waals surface area (Å²) in [7, 11) is 1.52. The number of methoxy groups -OCH3 is 1. The van der Waals surface area contributed by atoms with Crippen LogP contribution in [0.1, 0.15) is 15.9 Å². The summed E-state index contributed by atoms with van der Waals surface area (Å²) < 4.78 is 11.6. The van der Waals surface area contributed by atoms with Crippen LogP contribution in [-0.4, -0.2) is 30.7 Å². The van der Waals surface area contributed by atoms with Crippen LogP contribution < -0.4 is 14.8 Å². The number of carbonyl (C=O) groups excluding carboxylic acids is 1. The van der Waals surface area contributed by atoms with Crippen molar-refractivity contribution in [2.24, 2.45) is 0 Å². The highest BCUT2D eigenvalue weighted by atomic mass is 79.9. The second-order valence-corrected chi connectivity index (χ2v) is 6.82. The second-order valence-electron chi connectivity index (χ2n) is 5.11. The van der Waals surface area contributed by atoms with Crippen molar-refractivity contribution in [1.29, 1.82) is 0 Å². The van der Waals surface area contributed by atoms with Gasteiger partial charge in [-0.15, -0.1) is 0 Å². The molecule has 6 nitrogen and oxygen atoms in total. The third-order valence-electron chi connectivity index (χ3n) is 3.22. The lowest BCUT2D eigenvalue weighted by atomic mass is 10.2. The molecule has 0 aliphatic rings. The fourth-order valence-electron chi connectivity index (χ4n) is 2.06. The first-order valence-corrected chi connectivity index (χ1v) is 8.70. The molecule has 0 saturated heterocycles. The first-order valence-electron chi connectivity index (χ1n) is 7.11. The number of aromatic carboxylic acids is 1. The van der Waals surface area contributed by atoms with Crippen LogP contribution in [0.25, 0.3) is 0 Å². The van der Waals surface area contributed by atoms with E-state index >= 15 is 0 Å². The number of carboxylic acid groups (broad SMARTS) is 1. The Morgan fingerprint density at radius 3 is 2.36 bits per heavy atom. The zero-order valence-electron chi connectivity index (χ0n) is 13.4. The van der Waals surface area contributed by atoms with Crippen molar-refractivity contribution in [2.45, 2.75) is 6.92 Å². The Morgan fingerprint density at radius 2 is 1.80 bits per heavy atom. The van der Waals surface area contributed by atoms with E-state index in [4.69, 9.17) is 14.6 Å². The first-order chi connectivity index (χ1) is 11.8. The quantitative estimate of drug-likeness (QED) is 0.656. The van der Waals surface area contributed by atoms with Gasteiger partial charge in [0.1, 0.15) is 11.5 Å². The summed E-state index contributed by atoms with van der Waals surface area (Å²) in [6, 6.07) is 8.25. The topological polar surface area (TPSA) is 84.9 Å². The highest BCUT2D eigenvalue weighted by Gasteiger charge is 2.15. The molecule has 0 heterocycles. The molecule has 2 aromatic rings. The average Bonchev–Trinajstić information content (AvgIpc) is 2.54. The van der Waals surface area contributed by atoms with Gasteiger partial charge in [-0.2, -0.15) is 0 Å². The molecule has 2 rings (SSSR count). The molecule has 0 aromatic heterocycles. The van der Waals surface area contributed by atoms with E-state index in [-0.39, 0.29) is 18.1 Å². The van der Waals surface area contributed by atoms with Gasteiger partial charge >= 0.3 is 5.97 Å². The zero-order valence-corrected chi connectivity index (χ0v) is 16.6. The van der Waals surface area contributed by atoms with Gasteiger partial charge in [0, 0.05) is 0 Å². The smallest absolute Gasteiger partial charge is 0.335 e. The summed E-state index contributed by atoms with van der Waals surface area (Å²) in [5.41, 5.74) is 1.63. The first kappa shape index (κ1) is 19.3. The number of aryl methyl sites for hydroxylation is 1. The zero-order chi connectivity index (χ0) is 18.6. The number of benzene rings is 2. The molecule has 0 radical (unpaired) electrons. The molecule has 0 spiro atoms. The van der Waals surface area contributed by atoms with Gasteiger partial charge in [-0.3, -0.25) is 4.79 Å². The largest absolute Gasteiger partial charge is 0.495 e. The van der Waals surface area contributed by atoms with Crippen LogP contribution in [0.5, 0.6) is 11.5 Å². The van der Waals surface area contributed by atoms with Crippen molar-refractivity contribution in [1.82, 2.24) is 0 Å². The summed E-state index contributed by atoms with van der Waals surface area (Å²) in [5.74, 6) is -0.536. The SMILES string of the molecule is COc1ccc(C)cc1NC(=O)COc1c(Br)cc(C(=O)O)cc1Br. The lowest BCUT2D eigenvalue weighted by Crippen LogP contribution is -2.21. The Hall–Kier alpha value is -2.06. The van der Waals surface area contributed by atoms with Crippen molar-refractivity contribution >= 4 is 49.4 Å². The predicted octanol–water partition coefficient (Wildman–Crippen LogP) is 4.24. The Kier molecular flexibility index (Phi) is 6.44. The maximum Gasteiger partial charge on any atom is 0.335 e. The lowest BCUT2D eigenvalue weighted by Gasteiger charge is -2.13. The molecule has 8 heteroatoms. The molecule has 25 heavy (non-hydrogen) atoms. The van der Waals surface area contributed by atoms with E-state index in [9.17, 15) is 9.59 Å². The number of anilines is 1. The van der Waals surface area contributed by atoms with Crippen LogP contribution in [0.15, 0.2) is 39.3 Å². The molecule has 1 amide bonds. The van der Waals surface area contributed by atoms with Crippen LogP contribution in [0.3, 0.4) is 0 Å². The van der Waals surface area contributed by atoms with E-state index in [0.717, 1.165) is 5.56 Å². The second kappa shape index (κ2) is 8.35. The molecule has 0 aliphatic heterocycles. The van der Waals surface area contributed by atoms with Gasteiger partial charge in [0.2, 0.25) is 0 Å². The van der Waals surface area contributed by atoms with E-state index in [0.29, 0.717) is 26.1 Å². The molecule has 0 saturated carbocycles. The molecule has 0 fully saturated rings.